The molecule has 1 unspecified atom stereocenters. The fourth-order valence-electron chi connectivity index (χ4n) is 3.45. The van der Waals surface area contributed by atoms with Gasteiger partial charge in [-0.3, -0.25) is 4.79 Å². The lowest BCUT2D eigenvalue weighted by atomic mass is 9.80. The third kappa shape index (κ3) is 1.41. The maximum atomic E-state index is 12.3. The van der Waals surface area contributed by atoms with Gasteiger partial charge in [-0.25, -0.2) is 0 Å². The molecule has 0 spiro atoms. The molecule has 0 N–H and O–H groups in total. The van der Waals surface area contributed by atoms with Crippen LogP contribution in [0.1, 0.15) is 12.5 Å². The molecule has 1 aromatic rings. The van der Waals surface area contributed by atoms with E-state index < -0.39 is 5.60 Å². The smallest absolute Gasteiger partial charge is 0.202 e. The Kier molecular flexibility index (Phi) is 2.39. The summed E-state index contributed by atoms with van der Waals surface area (Å²) < 4.78 is 6.15. The van der Waals surface area contributed by atoms with Gasteiger partial charge in [-0.1, -0.05) is 18.2 Å². The summed E-state index contributed by atoms with van der Waals surface area (Å²) >= 11 is 0. The number of ketones is 1. The Bertz CT molecular complexity index is 953. The molecule has 1 atom stereocenters. The van der Waals surface area contributed by atoms with E-state index >= 15 is 0 Å². The molecule has 0 radical (unpaired) electrons. The normalized spacial score (nSPS) is 23.7. The monoisotopic (exact) mass is 301 g/mol. The molecule has 0 fully saturated rings. The van der Waals surface area contributed by atoms with Gasteiger partial charge >= 0.3 is 0 Å². The molecule has 5 nitrogen and oxygen atoms in total. The second kappa shape index (κ2) is 4.12. The second-order valence-electron chi connectivity index (χ2n) is 5.79. The van der Waals surface area contributed by atoms with Gasteiger partial charge in [0.05, 0.1) is 16.8 Å². The second-order valence-corrected chi connectivity index (χ2v) is 5.79. The molecule has 2 heterocycles. The summed E-state index contributed by atoms with van der Waals surface area (Å²) in [6.45, 7) is 1.93. The minimum absolute atomic E-state index is 0.0913. The highest BCUT2D eigenvalue weighted by molar-refractivity contribution is 6.22. The number of hydrogen-bond donors (Lipinski definition) is 0. The van der Waals surface area contributed by atoms with Crippen LogP contribution in [0.25, 0.3) is 0 Å². The number of nitriles is 2. The molecule has 5 heteroatoms. The molecule has 2 aliphatic heterocycles. The van der Waals surface area contributed by atoms with Gasteiger partial charge in [0.15, 0.2) is 5.60 Å². The van der Waals surface area contributed by atoms with Crippen molar-refractivity contribution < 1.29 is 9.53 Å². The van der Waals surface area contributed by atoms with Crippen molar-refractivity contribution in [3.8, 4) is 12.1 Å². The Labute approximate surface area is 133 Å². The lowest BCUT2D eigenvalue weighted by Gasteiger charge is -2.39. The minimum atomic E-state index is -0.730. The van der Waals surface area contributed by atoms with Crippen molar-refractivity contribution in [2.75, 3.05) is 11.9 Å². The molecular weight excluding hydrogens is 290 g/mol. The molecule has 0 amide bonds. The molecule has 3 aliphatic rings. The minimum Gasteiger partial charge on any atom is -0.475 e. The van der Waals surface area contributed by atoms with E-state index in [1.54, 1.807) is 18.2 Å². The fourth-order valence-corrected chi connectivity index (χ4v) is 3.45. The average molecular weight is 301 g/mol. The third-order valence-electron chi connectivity index (χ3n) is 4.63. The number of likely N-dealkylation sites (N-methyl/N-ethyl adjacent to an activating group) is 1. The first kappa shape index (κ1) is 13.4. The Morgan fingerprint density at radius 3 is 2.65 bits per heavy atom. The fraction of sp³-hybridized carbons (Fsp3) is 0.167. The molecule has 110 valence electrons. The molecule has 4 rings (SSSR count). The van der Waals surface area contributed by atoms with Crippen LogP contribution in [-0.2, 0) is 15.1 Å². The van der Waals surface area contributed by atoms with E-state index in [9.17, 15) is 4.79 Å². The van der Waals surface area contributed by atoms with Gasteiger partial charge in [-0.2, -0.15) is 10.5 Å². The number of allylic oxidation sites excluding steroid dienone is 4. The first-order valence-corrected chi connectivity index (χ1v) is 7.11. The molecule has 1 aliphatic carbocycles. The maximum Gasteiger partial charge on any atom is 0.202 e. The van der Waals surface area contributed by atoms with E-state index in [-0.39, 0.29) is 16.9 Å². The molecule has 0 saturated heterocycles. The molecular formula is C18H11N3O2. The number of carbonyl (C=O) groups is 1. The van der Waals surface area contributed by atoms with Crippen molar-refractivity contribution in [2.45, 2.75) is 12.5 Å². The van der Waals surface area contributed by atoms with Crippen molar-refractivity contribution in [1.82, 2.24) is 0 Å². The average Bonchev–Trinajstić information content (AvgIpc) is 2.79. The van der Waals surface area contributed by atoms with Crippen molar-refractivity contribution >= 4 is 11.5 Å². The number of benzene rings is 1. The van der Waals surface area contributed by atoms with Crippen LogP contribution in [0.5, 0.6) is 0 Å². The van der Waals surface area contributed by atoms with Gasteiger partial charge in [0, 0.05) is 18.3 Å². The molecule has 1 aromatic carbocycles. The van der Waals surface area contributed by atoms with E-state index in [1.807, 2.05) is 43.1 Å². The zero-order chi connectivity index (χ0) is 16.4. The lowest BCUT2D eigenvalue weighted by molar-refractivity contribution is -0.115. The van der Waals surface area contributed by atoms with E-state index in [2.05, 4.69) is 0 Å². The van der Waals surface area contributed by atoms with Gasteiger partial charge in [-0.15, -0.1) is 0 Å². The number of hydrogen-bond acceptors (Lipinski definition) is 5. The summed E-state index contributed by atoms with van der Waals surface area (Å²) in [5.74, 6) is 0.0430. The quantitative estimate of drug-likeness (QED) is 0.543. The predicted molar refractivity (Wildman–Crippen MR) is 81.7 cm³/mol. The topological polar surface area (TPSA) is 77.1 Å². The van der Waals surface area contributed by atoms with Crippen LogP contribution in [0.3, 0.4) is 0 Å². The van der Waals surface area contributed by atoms with Crippen molar-refractivity contribution in [2.24, 2.45) is 0 Å². The van der Waals surface area contributed by atoms with Gasteiger partial charge in [0.2, 0.25) is 5.78 Å². The number of para-hydroxylation sites is 1. The summed E-state index contributed by atoms with van der Waals surface area (Å²) in [6, 6.07) is 11.4. The maximum absolute atomic E-state index is 12.3. The van der Waals surface area contributed by atoms with Crippen molar-refractivity contribution in [3.63, 3.8) is 0 Å². The van der Waals surface area contributed by atoms with Gasteiger partial charge < -0.3 is 9.64 Å². The summed E-state index contributed by atoms with van der Waals surface area (Å²) in [5, 5.41) is 18.1. The van der Waals surface area contributed by atoms with Crippen LogP contribution in [0.15, 0.2) is 58.5 Å². The summed E-state index contributed by atoms with van der Waals surface area (Å²) in [7, 11) is 1.93. The number of nitrogens with zero attached hydrogens (tertiary/aromatic N) is 3. The van der Waals surface area contributed by atoms with Gasteiger partial charge in [-0.05, 0) is 19.1 Å². The predicted octanol–water partition coefficient (Wildman–Crippen LogP) is 2.45. The number of Topliss-reactive ketones (excluding diaryl/α,β-unsaturated/α-hetero) is 1. The van der Waals surface area contributed by atoms with Crippen LogP contribution >= 0.6 is 0 Å². The highest BCUT2D eigenvalue weighted by Crippen LogP contribution is 2.54. The Morgan fingerprint density at radius 1 is 1.26 bits per heavy atom. The lowest BCUT2D eigenvalue weighted by Crippen LogP contribution is -2.38. The van der Waals surface area contributed by atoms with Crippen LogP contribution < -0.4 is 4.90 Å². The standard InChI is InChI=1S/C18H11N3O2/c1-18-12-5-3-4-6-13(12)21(2)14(18)7-11-16(22)15(17(11)23-18)10(8-19)9-20/h3-7H,1-2H3. The molecule has 0 aromatic heterocycles. The van der Waals surface area contributed by atoms with E-state index in [4.69, 9.17) is 15.3 Å². The zero-order valence-electron chi connectivity index (χ0n) is 12.5. The zero-order valence-corrected chi connectivity index (χ0v) is 12.5. The third-order valence-corrected chi connectivity index (χ3v) is 4.63. The van der Waals surface area contributed by atoms with Crippen LogP contribution in [0.2, 0.25) is 0 Å². The first-order chi connectivity index (χ1) is 11.0. The SMILES string of the molecule is CN1C2=CC3=C(OC2(C)c2ccccc21)C(=C(C#N)C#N)C3=O. The summed E-state index contributed by atoms with van der Waals surface area (Å²) in [6.07, 6.45) is 1.80. The Hall–Kier alpha value is -3.31. The largest absolute Gasteiger partial charge is 0.475 e. The van der Waals surface area contributed by atoms with E-state index in [1.165, 1.54) is 0 Å². The van der Waals surface area contributed by atoms with Crippen molar-refractivity contribution in [3.05, 3.63) is 64.1 Å². The molecule has 0 bridgehead atoms. The first-order valence-electron chi connectivity index (χ1n) is 7.11. The van der Waals surface area contributed by atoms with Crippen LogP contribution in [-0.4, -0.2) is 12.8 Å². The summed E-state index contributed by atoms with van der Waals surface area (Å²) in [5.41, 5.74) is 2.47. The number of rotatable bonds is 0. The number of anilines is 1. The Balaban J connectivity index is 1.93. The van der Waals surface area contributed by atoms with E-state index in [0.717, 1.165) is 16.9 Å². The number of carbonyl (C=O) groups excluding carboxylic acids is 1. The highest BCUT2D eigenvalue weighted by Gasteiger charge is 2.52. The summed E-state index contributed by atoms with van der Waals surface area (Å²) in [4.78, 5) is 14.3. The van der Waals surface area contributed by atoms with Gasteiger partial charge in [0.1, 0.15) is 23.5 Å². The molecule has 0 saturated carbocycles. The molecule has 23 heavy (non-hydrogen) atoms. The van der Waals surface area contributed by atoms with Crippen molar-refractivity contribution in [1.29, 1.82) is 10.5 Å². The Morgan fingerprint density at radius 2 is 1.96 bits per heavy atom. The van der Waals surface area contributed by atoms with Crippen LogP contribution in [0, 0.1) is 22.7 Å². The number of ether oxygens (including phenoxy) is 1. The van der Waals surface area contributed by atoms with Crippen LogP contribution in [0.4, 0.5) is 5.69 Å². The number of fused-ring (bicyclic) bond motifs is 3. The van der Waals surface area contributed by atoms with Gasteiger partial charge in [0.25, 0.3) is 0 Å². The highest BCUT2D eigenvalue weighted by atomic mass is 16.5. The van der Waals surface area contributed by atoms with E-state index in [0.29, 0.717) is 11.3 Å².